The van der Waals surface area contributed by atoms with Crippen LogP contribution < -0.4 is 5.32 Å². The molecule has 1 aliphatic rings. The third kappa shape index (κ3) is 1.96. The van der Waals surface area contributed by atoms with E-state index in [2.05, 4.69) is 27.5 Å². The Morgan fingerprint density at radius 1 is 1.69 bits per heavy atom. The zero-order valence-corrected chi connectivity index (χ0v) is 8.23. The van der Waals surface area contributed by atoms with Crippen LogP contribution in [0.5, 0.6) is 0 Å². The summed E-state index contributed by atoms with van der Waals surface area (Å²) in [6, 6.07) is 0.159. The van der Waals surface area contributed by atoms with Gasteiger partial charge in [-0.05, 0) is 19.3 Å². The Morgan fingerprint density at radius 2 is 2.54 bits per heavy atom. The van der Waals surface area contributed by atoms with E-state index >= 15 is 0 Å². The van der Waals surface area contributed by atoms with Gasteiger partial charge in [0.05, 0.1) is 6.04 Å². The number of aromatic amines is 1. The molecule has 1 fully saturated rings. The highest BCUT2D eigenvalue weighted by molar-refractivity contribution is 7.71. The van der Waals surface area contributed by atoms with Crippen LogP contribution in [0.2, 0.25) is 0 Å². The van der Waals surface area contributed by atoms with Crippen molar-refractivity contribution in [3.8, 4) is 0 Å². The molecule has 1 aromatic rings. The van der Waals surface area contributed by atoms with Gasteiger partial charge in [-0.25, -0.2) is 5.10 Å². The second-order valence-electron chi connectivity index (χ2n) is 3.22. The molecule has 1 aromatic heterocycles. The molecule has 0 aromatic carbocycles. The van der Waals surface area contributed by atoms with Crippen LogP contribution in [-0.2, 0) is 0 Å². The monoisotopic (exact) mass is 200 g/mol. The third-order valence-electron chi connectivity index (χ3n) is 2.13. The average molecular weight is 200 g/mol. The lowest BCUT2D eigenvalue weighted by Crippen LogP contribution is -2.43. The molecule has 72 valence electrons. The van der Waals surface area contributed by atoms with E-state index in [9.17, 15) is 0 Å². The summed E-state index contributed by atoms with van der Waals surface area (Å²) in [5.41, 5.74) is 0. The first-order valence-electron chi connectivity index (χ1n) is 4.23. The molecule has 5 nitrogen and oxygen atoms in total. The summed E-state index contributed by atoms with van der Waals surface area (Å²) in [5, 5.41) is 9.92. The number of hydrogen-bond acceptors (Lipinski definition) is 5. The normalized spacial score (nSPS) is 24.8. The number of H-pyrrole nitrogens is 1. The predicted molar refractivity (Wildman–Crippen MR) is 49.9 cm³/mol. The minimum absolute atomic E-state index is 0.159. The van der Waals surface area contributed by atoms with Crippen LogP contribution in [-0.4, -0.2) is 41.8 Å². The van der Waals surface area contributed by atoms with Gasteiger partial charge in [-0.15, -0.1) is 5.10 Å². The Labute approximate surface area is 81.1 Å². The van der Waals surface area contributed by atoms with Gasteiger partial charge < -0.3 is 14.6 Å². The molecule has 1 saturated heterocycles. The average Bonchev–Trinajstić information content (AvgIpc) is 2.52. The quantitative estimate of drug-likeness (QED) is 0.639. The molecule has 0 amide bonds. The van der Waals surface area contributed by atoms with Crippen LogP contribution in [0.1, 0.15) is 11.9 Å². The molecule has 2 heterocycles. The van der Waals surface area contributed by atoms with Gasteiger partial charge in [0.1, 0.15) is 0 Å². The van der Waals surface area contributed by atoms with Crippen LogP contribution in [0.15, 0.2) is 4.42 Å². The van der Waals surface area contributed by atoms with Gasteiger partial charge in [0, 0.05) is 19.6 Å². The fourth-order valence-corrected chi connectivity index (χ4v) is 1.58. The Bertz CT molecular complexity index is 333. The second kappa shape index (κ2) is 3.57. The van der Waals surface area contributed by atoms with Gasteiger partial charge >= 0.3 is 0 Å². The minimum Gasteiger partial charge on any atom is -0.412 e. The SMILES string of the molecule is CN1CCNC(c2n[nH]c(=S)o2)C1. The van der Waals surface area contributed by atoms with Crippen molar-refractivity contribution in [1.29, 1.82) is 0 Å². The highest BCUT2D eigenvalue weighted by Gasteiger charge is 2.21. The van der Waals surface area contributed by atoms with Crippen LogP contribution in [0.25, 0.3) is 0 Å². The third-order valence-corrected chi connectivity index (χ3v) is 2.31. The first-order valence-corrected chi connectivity index (χ1v) is 4.64. The van der Waals surface area contributed by atoms with Gasteiger partial charge in [-0.2, -0.15) is 0 Å². The summed E-state index contributed by atoms with van der Waals surface area (Å²) in [6.07, 6.45) is 0. The van der Waals surface area contributed by atoms with Crippen molar-refractivity contribution in [3.05, 3.63) is 10.7 Å². The fraction of sp³-hybridized carbons (Fsp3) is 0.714. The van der Waals surface area contributed by atoms with E-state index in [1.807, 2.05) is 0 Å². The lowest BCUT2D eigenvalue weighted by atomic mass is 10.2. The highest BCUT2D eigenvalue weighted by Crippen LogP contribution is 2.13. The minimum atomic E-state index is 0.159. The highest BCUT2D eigenvalue weighted by atomic mass is 32.1. The van der Waals surface area contributed by atoms with Crippen molar-refractivity contribution < 1.29 is 4.42 Å². The summed E-state index contributed by atoms with van der Waals surface area (Å²) in [4.78, 5) is 2.57. The maximum Gasteiger partial charge on any atom is 0.284 e. The number of rotatable bonds is 1. The molecule has 1 unspecified atom stereocenters. The molecule has 0 aliphatic carbocycles. The van der Waals surface area contributed by atoms with Crippen molar-refractivity contribution in [3.63, 3.8) is 0 Å². The summed E-state index contributed by atoms with van der Waals surface area (Å²) in [5.74, 6) is 0.650. The second-order valence-corrected chi connectivity index (χ2v) is 3.59. The first kappa shape index (κ1) is 8.86. The maximum absolute atomic E-state index is 5.23. The van der Waals surface area contributed by atoms with E-state index in [0.717, 1.165) is 19.6 Å². The molecular formula is C7H12N4OS. The number of nitrogens with one attached hydrogen (secondary N) is 2. The number of hydrogen-bond donors (Lipinski definition) is 2. The van der Waals surface area contributed by atoms with Crippen molar-refractivity contribution >= 4 is 12.2 Å². The standard InChI is InChI=1S/C7H12N4OS/c1-11-3-2-8-5(4-11)6-9-10-7(13)12-6/h5,8H,2-4H2,1H3,(H,10,13). The molecule has 2 N–H and O–H groups in total. The van der Waals surface area contributed by atoms with E-state index in [1.165, 1.54) is 0 Å². The summed E-state index contributed by atoms with van der Waals surface area (Å²) in [6.45, 7) is 2.92. The van der Waals surface area contributed by atoms with Crippen LogP contribution in [0, 0.1) is 4.84 Å². The van der Waals surface area contributed by atoms with Crippen molar-refractivity contribution in [1.82, 2.24) is 20.4 Å². The van der Waals surface area contributed by atoms with Crippen LogP contribution in [0.4, 0.5) is 0 Å². The molecule has 0 spiro atoms. The first-order chi connectivity index (χ1) is 6.25. The zero-order valence-electron chi connectivity index (χ0n) is 7.41. The van der Waals surface area contributed by atoms with E-state index in [0.29, 0.717) is 10.7 Å². The lowest BCUT2D eigenvalue weighted by Gasteiger charge is -2.28. The molecule has 1 aliphatic heterocycles. The molecular weight excluding hydrogens is 188 g/mol. The summed E-state index contributed by atoms with van der Waals surface area (Å²) < 4.78 is 5.23. The predicted octanol–water partition coefficient (Wildman–Crippen LogP) is 0.308. The van der Waals surface area contributed by atoms with E-state index in [4.69, 9.17) is 16.6 Å². The molecule has 0 saturated carbocycles. The van der Waals surface area contributed by atoms with Crippen molar-refractivity contribution in [2.24, 2.45) is 0 Å². The molecule has 0 radical (unpaired) electrons. The zero-order chi connectivity index (χ0) is 9.26. The number of nitrogens with zero attached hydrogens (tertiary/aromatic N) is 2. The molecule has 0 bridgehead atoms. The number of aromatic nitrogens is 2. The Kier molecular flexibility index (Phi) is 2.43. The Hall–Kier alpha value is -0.720. The molecule has 6 heteroatoms. The summed E-state index contributed by atoms with van der Waals surface area (Å²) >= 11 is 4.81. The van der Waals surface area contributed by atoms with Gasteiger partial charge in [-0.1, -0.05) is 0 Å². The van der Waals surface area contributed by atoms with Gasteiger partial charge in [-0.3, -0.25) is 0 Å². The van der Waals surface area contributed by atoms with Crippen molar-refractivity contribution in [2.75, 3.05) is 26.7 Å². The summed E-state index contributed by atoms with van der Waals surface area (Å²) in [7, 11) is 2.08. The largest absolute Gasteiger partial charge is 0.412 e. The van der Waals surface area contributed by atoms with E-state index in [1.54, 1.807) is 0 Å². The van der Waals surface area contributed by atoms with Crippen LogP contribution >= 0.6 is 12.2 Å². The lowest BCUT2D eigenvalue weighted by molar-refractivity contribution is 0.217. The van der Waals surface area contributed by atoms with Gasteiger partial charge in [0.25, 0.3) is 4.84 Å². The Balaban J connectivity index is 2.12. The molecule has 13 heavy (non-hydrogen) atoms. The maximum atomic E-state index is 5.23. The molecule has 1 atom stereocenters. The number of likely N-dealkylation sites (N-methyl/N-ethyl adjacent to an activating group) is 1. The van der Waals surface area contributed by atoms with Crippen molar-refractivity contribution in [2.45, 2.75) is 6.04 Å². The molecule has 2 rings (SSSR count). The van der Waals surface area contributed by atoms with E-state index < -0.39 is 0 Å². The smallest absolute Gasteiger partial charge is 0.284 e. The topological polar surface area (TPSA) is 57.1 Å². The number of piperazine rings is 1. The van der Waals surface area contributed by atoms with Crippen LogP contribution in [0.3, 0.4) is 0 Å². The van der Waals surface area contributed by atoms with Gasteiger partial charge in [0.15, 0.2) is 0 Å². The Morgan fingerprint density at radius 3 is 3.15 bits per heavy atom. The van der Waals surface area contributed by atoms with E-state index in [-0.39, 0.29) is 6.04 Å². The van der Waals surface area contributed by atoms with Gasteiger partial charge in [0.2, 0.25) is 5.89 Å². The fourth-order valence-electron chi connectivity index (χ4n) is 1.45.